The van der Waals surface area contributed by atoms with Crippen LogP contribution in [0.4, 0.5) is 11.4 Å². The summed E-state index contributed by atoms with van der Waals surface area (Å²) in [7, 11) is 0. The molecule has 3 rings (SSSR count). The van der Waals surface area contributed by atoms with Gasteiger partial charge in [0.25, 0.3) is 17.7 Å². The van der Waals surface area contributed by atoms with E-state index in [0.29, 0.717) is 28.5 Å². The van der Waals surface area contributed by atoms with Gasteiger partial charge in [0, 0.05) is 5.69 Å². The SMILES string of the molecule is CCOC(=O)CNC(=O)[C@@H](c1ccc(C)o1)N(C(=O)c1snc(C(N)=O)c1N)c1ccccc1C. The topological polar surface area (TPSA) is 171 Å². The summed E-state index contributed by atoms with van der Waals surface area (Å²) >= 11 is 0.692. The van der Waals surface area contributed by atoms with Gasteiger partial charge in [0.15, 0.2) is 11.7 Å². The number of anilines is 2. The predicted molar refractivity (Wildman–Crippen MR) is 129 cm³/mol. The highest BCUT2D eigenvalue weighted by molar-refractivity contribution is 7.09. The number of nitrogens with zero attached hydrogens (tertiary/aromatic N) is 2. The van der Waals surface area contributed by atoms with Crippen LogP contribution in [0.3, 0.4) is 0 Å². The highest BCUT2D eigenvalue weighted by Crippen LogP contribution is 2.35. The molecule has 2 heterocycles. The van der Waals surface area contributed by atoms with Gasteiger partial charge >= 0.3 is 5.97 Å². The Labute approximate surface area is 205 Å². The van der Waals surface area contributed by atoms with Crippen LogP contribution >= 0.6 is 11.5 Å². The number of primary amides is 1. The second-order valence-electron chi connectivity index (χ2n) is 7.47. The van der Waals surface area contributed by atoms with E-state index >= 15 is 0 Å². The van der Waals surface area contributed by atoms with Crippen LogP contribution in [0.25, 0.3) is 0 Å². The lowest BCUT2D eigenvalue weighted by Crippen LogP contribution is -2.45. The van der Waals surface area contributed by atoms with Crippen molar-refractivity contribution in [3.8, 4) is 0 Å². The minimum absolute atomic E-state index is 0.0754. The zero-order valence-corrected chi connectivity index (χ0v) is 20.2. The zero-order chi connectivity index (χ0) is 25.7. The van der Waals surface area contributed by atoms with E-state index in [0.717, 1.165) is 0 Å². The molecule has 2 aromatic heterocycles. The van der Waals surface area contributed by atoms with E-state index in [4.69, 9.17) is 20.6 Å². The molecule has 0 radical (unpaired) electrons. The van der Waals surface area contributed by atoms with E-state index in [2.05, 4.69) is 9.69 Å². The van der Waals surface area contributed by atoms with Crippen LogP contribution in [-0.2, 0) is 14.3 Å². The Kier molecular flexibility index (Phi) is 7.87. The molecule has 0 aliphatic heterocycles. The number of nitrogen functional groups attached to an aromatic ring is 1. The molecular formula is C23H25N5O6S. The number of para-hydroxylation sites is 1. The average molecular weight is 500 g/mol. The van der Waals surface area contributed by atoms with Gasteiger partial charge in [0.2, 0.25) is 0 Å². The number of carbonyl (C=O) groups is 4. The van der Waals surface area contributed by atoms with Crippen LogP contribution in [0.5, 0.6) is 0 Å². The summed E-state index contributed by atoms with van der Waals surface area (Å²) in [6, 6.07) is 8.78. The smallest absolute Gasteiger partial charge is 0.325 e. The lowest BCUT2D eigenvalue weighted by atomic mass is 10.1. The number of amides is 3. The number of hydrogen-bond donors (Lipinski definition) is 3. The van der Waals surface area contributed by atoms with E-state index in [9.17, 15) is 19.2 Å². The molecule has 0 aliphatic rings. The second kappa shape index (κ2) is 10.8. The molecule has 5 N–H and O–H groups in total. The number of nitrogens with one attached hydrogen (secondary N) is 1. The number of rotatable bonds is 9. The molecule has 0 bridgehead atoms. The molecule has 3 amide bonds. The van der Waals surface area contributed by atoms with Crippen molar-refractivity contribution >= 4 is 46.6 Å². The first kappa shape index (κ1) is 25.4. The van der Waals surface area contributed by atoms with Gasteiger partial charge in [-0.15, -0.1) is 0 Å². The molecule has 184 valence electrons. The van der Waals surface area contributed by atoms with E-state index in [-0.39, 0.29) is 28.6 Å². The van der Waals surface area contributed by atoms with Crippen molar-refractivity contribution in [3.05, 3.63) is 64.1 Å². The fourth-order valence-corrected chi connectivity index (χ4v) is 4.12. The Morgan fingerprint density at radius 3 is 2.46 bits per heavy atom. The van der Waals surface area contributed by atoms with Crippen molar-refractivity contribution in [2.75, 3.05) is 23.8 Å². The van der Waals surface area contributed by atoms with Gasteiger partial charge in [0.05, 0.1) is 12.3 Å². The maximum absolute atomic E-state index is 13.9. The molecule has 0 saturated carbocycles. The number of nitrogens with two attached hydrogens (primary N) is 2. The van der Waals surface area contributed by atoms with Crippen molar-refractivity contribution in [3.63, 3.8) is 0 Å². The van der Waals surface area contributed by atoms with Gasteiger partial charge < -0.3 is 25.9 Å². The van der Waals surface area contributed by atoms with Crippen LogP contribution in [-0.4, -0.2) is 41.2 Å². The highest BCUT2D eigenvalue weighted by atomic mass is 32.1. The lowest BCUT2D eigenvalue weighted by Gasteiger charge is -2.30. The Morgan fingerprint density at radius 1 is 1.17 bits per heavy atom. The van der Waals surface area contributed by atoms with Crippen LogP contribution in [0.2, 0.25) is 0 Å². The summed E-state index contributed by atoms with van der Waals surface area (Å²) in [5.74, 6) is -2.26. The van der Waals surface area contributed by atoms with Crippen molar-refractivity contribution in [2.24, 2.45) is 5.73 Å². The first-order valence-corrected chi connectivity index (χ1v) is 11.4. The van der Waals surface area contributed by atoms with E-state index in [1.54, 1.807) is 57.2 Å². The monoisotopic (exact) mass is 499 g/mol. The summed E-state index contributed by atoms with van der Waals surface area (Å²) in [6.45, 7) is 4.84. The molecule has 35 heavy (non-hydrogen) atoms. The van der Waals surface area contributed by atoms with Crippen molar-refractivity contribution in [1.29, 1.82) is 0 Å². The van der Waals surface area contributed by atoms with Gasteiger partial charge in [-0.25, -0.2) is 0 Å². The summed E-state index contributed by atoms with van der Waals surface area (Å²) < 4.78 is 14.5. The van der Waals surface area contributed by atoms with Gasteiger partial charge in [-0.3, -0.25) is 24.1 Å². The molecule has 0 unspecified atom stereocenters. The molecule has 0 spiro atoms. The number of aromatic nitrogens is 1. The normalized spacial score (nSPS) is 11.5. The first-order valence-electron chi connectivity index (χ1n) is 10.6. The molecule has 0 aliphatic carbocycles. The number of furan rings is 1. The quantitative estimate of drug-likeness (QED) is 0.376. The summed E-state index contributed by atoms with van der Waals surface area (Å²) in [5.41, 5.74) is 12.0. The number of aryl methyl sites for hydroxylation is 2. The number of carbonyl (C=O) groups excluding carboxylic acids is 4. The Balaban J connectivity index is 2.14. The standard InChI is InChI=1S/C23H25N5O6S/c1-4-33-16(29)11-26-22(31)19(15-10-9-13(3)34-15)28(14-8-6-5-7-12(14)2)23(32)20-17(24)18(21(25)30)27-35-20/h5-10,19H,4,11,24H2,1-3H3,(H2,25,30)(H,26,31)/t19-/m1/s1. The average Bonchev–Trinajstić information content (AvgIpc) is 3.41. The first-order chi connectivity index (χ1) is 16.6. The van der Waals surface area contributed by atoms with Gasteiger partial charge in [-0.2, -0.15) is 4.37 Å². The molecule has 1 aromatic carbocycles. The number of esters is 1. The molecule has 3 aromatic rings. The minimum atomic E-state index is -1.33. The third-order valence-corrected chi connectivity index (χ3v) is 5.85. The highest BCUT2D eigenvalue weighted by Gasteiger charge is 2.38. The number of ether oxygens (including phenoxy) is 1. The van der Waals surface area contributed by atoms with Crippen LogP contribution < -0.4 is 21.7 Å². The largest absolute Gasteiger partial charge is 0.465 e. The number of hydrogen-bond acceptors (Lipinski definition) is 9. The second-order valence-corrected chi connectivity index (χ2v) is 8.25. The Morgan fingerprint density at radius 2 is 1.89 bits per heavy atom. The van der Waals surface area contributed by atoms with Crippen LogP contribution in [0, 0.1) is 13.8 Å². The van der Waals surface area contributed by atoms with Crippen molar-refractivity contribution < 1.29 is 28.3 Å². The summed E-state index contributed by atoms with van der Waals surface area (Å²) in [5, 5.41) is 2.50. The third kappa shape index (κ3) is 5.49. The summed E-state index contributed by atoms with van der Waals surface area (Å²) in [4.78, 5) is 51.9. The molecular weight excluding hydrogens is 474 g/mol. The van der Waals surface area contributed by atoms with E-state index in [1.807, 2.05) is 0 Å². The molecule has 11 nitrogen and oxygen atoms in total. The minimum Gasteiger partial charge on any atom is -0.465 e. The Hall–Kier alpha value is -4.19. The third-order valence-electron chi connectivity index (χ3n) is 5.00. The van der Waals surface area contributed by atoms with E-state index < -0.39 is 36.3 Å². The lowest BCUT2D eigenvalue weighted by molar-refractivity contribution is -0.143. The molecule has 0 saturated heterocycles. The fraction of sp³-hybridized carbons (Fsp3) is 0.261. The maximum atomic E-state index is 13.9. The van der Waals surface area contributed by atoms with Crippen molar-refractivity contribution in [1.82, 2.24) is 9.69 Å². The van der Waals surface area contributed by atoms with Gasteiger partial charge in [-0.05, 0) is 56.1 Å². The molecule has 0 fully saturated rings. The van der Waals surface area contributed by atoms with Crippen LogP contribution in [0.1, 0.15) is 50.2 Å². The summed E-state index contributed by atoms with van der Waals surface area (Å²) in [6.07, 6.45) is 0. The van der Waals surface area contributed by atoms with Crippen molar-refractivity contribution in [2.45, 2.75) is 26.8 Å². The zero-order valence-electron chi connectivity index (χ0n) is 19.4. The van der Waals surface area contributed by atoms with Gasteiger partial charge in [-0.1, -0.05) is 18.2 Å². The molecule has 1 atom stereocenters. The maximum Gasteiger partial charge on any atom is 0.325 e. The van der Waals surface area contributed by atoms with E-state index in [1.165, 1.54) is 4.90 Å². The number of benzene rings is 1. The van der Waals surface area contributed by atoms with Gasteiger partial charge in [0.1, 0.15) is 22.9 Å². The molecule has 12 heteroatoms. The fourth-order valence-electron chi connectivity index (χ4n) is 3.38. The van der Waals surface area contributed by atoms with Crippen LogP contribution in [0.15, 0.2) is 40.8 Å². The Bertz CT molecular complexity index is 1270. The predicted octanol–water partition coefficient (Wildman–Crippen LogP) is 2.10.